The summed E-state index contributed by atoms with van der Waals surface area (Å²) in [5.41, 5.74) is 1.06. The predicted molar refractivity (Wildman–Crippen MR) is 121 cm³/mol. The Hall–Kier alpha value is -3.78. The van der Waals surface area contributed by atoms with E-state index in [-0.39, 0.29) is 18.9 Å². The second kappa shape index (κ2) is 9.79. The van der Waals surface area contributed by atoms with Crippen molar-refractivity contribution in [3.63, 3.8) is 0 Å². The largest absolute Gasteiger partial charge is 0.497 e. The smallest absolute Gasteiger partial charge is 0.292 e. The fraction of sp³-hybridized carbons (Fsp3) is 0.167. The summed E-state index contributed by atoms with van der Waals surface area (Å²) in [4.78, 5) is 12.6. The minimum absolute atomic E-state index is 0.114. The van der Waals surface area contributed by atoms with E-state index in [9.17, 15) is 9.18 Å². The number of nitrogens with zero attached hydrogens (tertiary/aromatic N) is 2. The molecule has 0 fully saturated rings. The van der Waals surface area contributed by atoms with Gasteiger partial charge in [-0.15, -0.1) is 0 Å². The number of nitrogens with one attached hydrogen (secondary N) is 1. The first-order valence-electron chi connectivity index (χ1n) is 10.1. The lowest BCUT2D eigenvalue weighted by atomic mass is 10.2. The normalized spacial score (nSPS) is 10.8. The molecule has 9 heteroatoms. The number of halogens is 2. The molecule has 2 aromatic carbocycles. The first-order chi connectivity index (χ1) is 15.9. The second-order valence-electron chi connectivity index (χ2n) is 7.22. The van der Waals surface area contributed by atoms with Crippen molar-refractivity contribution in [1.29, 1.82) is 0 Å². The van der Waals surface area contributed by atoms with Gasteiger partial charge in [0.1, 0.15) is 29.7 Å². The van der Waals surface area contributed by atoms with Gasteiger partial charge in [-0.05, 0) is 43.3 Å². The summed E-state index contributed by atoms with van der Waals surface area (Å²) >= 11 is 6.11. The first kappa shape index (κ1) is 22.4. The standard InChI is InChI=1S/C24H21ClFN3O4/c1-15-11-23(28-29(15)13-19-20(25)7-4-8-21(19)26)27-24(30)22-10-9-18(33-22)14-32-17-6-3-5-16(12-17)31-2/h3-12H,13-14H2,1-2H3,(H,27,28,30). The number of hydrogen-bond donors (Lipinski definition) is 1. The molecule has 7 nitrogen and oxygen atoms in total. The van der Waals surface area contributed by atoms with Gasteiger partial charge in [-0.3, -0.25) is 9.48 Å². The second-order valence-corrected chi connectivity index (χ2v) is 7.62. The van der Waals surface area contributed by atoms with Crippen LogP contribution in [0.4, 0.5) is 10.2 Å². The Kier molecular flexibility index (Phi) is 6.65. The van der Waals surface area contributed by atoms with Crippen molar-refractivity contribution < 1.29 is 23.1 Å². The third-order valence-electron chi connectivity index (χ3n) is 4.90. The molecule has 0 aliphatic carbocycles. The number of carbonyl (C=O) groups excluding carboxylic acids is 1. The molecule has 1 amide bonds. The summed E-state index contributed by atoms with van der Waals surface area (Å²) in [6.45, 7) is 2.09. The molecule has 0 aliphatic heterocycles. The Balaban J connectivity index is 1.39. The van der Waals surface area contributed by atoms with E-state index in [2.05, 4.69) is 10.4 Å². The highest BCUT2D eigenvalue weighted by atomic mass is 35.5. The van der Waals surface area contributed by atoms with E-state index in [0.717, 1.165) is 5.69 Å². The van der Waals surface area contributed by atoms with E-state index in [1.807, 2.05) is 12.1 Å². The highest BCUT2D eigenvalue weighted by Crippen LogP contribution is 2.22. The number of aryl methyl sites for hydroxylation is 1. The van der Waals surface area contributed by atoms with E-state index < -0.39 is 11.7 Å². The zero-order valence-electron chi connectivity index (χ0n) is 18.0. The lowest BCUT2D eigenvalue weighted by Crippen LogP contribution is -2.12. The van der Waals surface area contributed by atoms with E-state index in [1.165, 1.54) is 6.07 Å². The van der Waals surface area contributed by atoms with Crippen molar-refractivity contribution in [1.82, 2.24) is 9.78 Å². The monoisotopic (exact) mass is 469 g/mol. The van der Waals surface area contributed by atoms with Crippen molar-refractivity contribution in [2.24, 2.45) is 0 Å². The molecule has 170 valence electrons. The van der Waals surface area contributed by atoms with Crippen LogP contribution in [-0.4, -0.2) is 22.8 Å². The van der Waals surface area contributed by atoms with Crippen molar-refractivity contribution in [3.05, 3.63) is 94.3 Å². The molecule has 0 atom stereocenters. The fourth-order valence-electron chi connectivity index (χ4n) is 3.17. The number of amides is 1. The van der Waals surface area contributed by atoms with Crippen LogP contribution in [0.3, 0.4) is 0 Å². The van der Waals surface area contributed by atoms with Crippen LogP contribution in [0.1, 0.15) is 27.6 Å². The molecular formula is C24H21ClFN3O4. The number of hydrogen-bond acceptors (Lipinski definition) is 5. The Morgan fingerprint density at radius 3 is 2.73 bits per heavy atom. The van der Waals surface area contributed by atoms with E-state index in [0.29, 0.717) is 33.7 Å². The number of carbonyl (C=O) groups is 1. The van der Waals surface area contributed by atoms with Crippen molar-refractivity contribution in [2.45, 2.75) is 20.1 Å². The quantitative estimate of drug-likeness (QED) is 0.370. The van der Waals surface area contributed by atoms with Crippen molar-refractivity contribution >= 4 is 23.3 Å². The molecule has 2 aromatic heterocycles. The highest BCUT2D eigenvalue weighted by Gasteiger charge is 2.16. The number of anilines is 1. The number of ether oxygens (including phenoxy) is 2. The number of benzene rings is 2. The van der Waals surface area contributed by atoms with Crippen LogP contribution < -0.4 is 14.8 Å². The number of rotatable bonds is 8. The number of aromatic nitrogens is 2. The van der Waals surface area contributed by atoms with Crippen LogP contribution >= 0.6 is 11.6 Å². The summed E-state index contributed by atoms with van der Waals surface area (Å²) < 4.78 is 32.1. The molecule has 0 aliphatic rings. The zero-order chi connectivity index (χ0) is 23.4. The number of methoxy groups -OCH3 is 1. The zero-order valence-corrected chi connectivity index (χ0v) is 18.7. The molecule has 0 bridgehead atoms. The maximum Gasteiger partial charge on any atom is 0.292 e. The van der Waals surface area contributed by atoms with Gasteiger partial charge in [0.15, 0.2) is 11.6 Å². The van der Waals surface area contributed by atoms with Crippen LogP contribution in [0.25, 0.3) is 0 Å². The molecule has 4 aromatic rings. The summed E-state index contributed by atoms with van der Waals surface area (Å²) in [6, 6.07) is 16.6. The van der Waals surface area contributed by atoms with E-state index in [4.69, 9.17) is 25.5 Å². The molecule has 0 unspecified atom stereocenters. The summed E-state index contributed by atoms with van der Waals surface area (Å²) in [5, 5.41) is 7.34. The summed E-state index contributed by atoms with van der Waals surface area (Å²) in [7, 11) is 1.58. The molecule has 4 rings (SSSR count). The molecule has 1 N–H and O–H groups in total. The maximum absolute atomic E-state index is 14.1. The van der Waals surface area contributed by atoms with Gasteiger partial charge in [0.05, 0.1) is 13.7 Å². The molecule has 0 saturated heterocycles. The van der Waals surface area contributed by atoms with Crippen LogP contribution in [0, 0.1) is 12.7 Å². The highest BCUT2D eigenvalue weighted by molar-refractivity contribution is 6.31. The van der Waals surface area contributed by atoms with Gasteiger partial charge in [0, 0.05) is 28.4 Å². The first-order valence-corrected chi connectivity index (χ1v) is 10.4. The number of furan rings is 1. The topological polar surface area (TPSA) is 78.5 Å². The van der Waals surface area contributed by atoms with Crippen LogP contribution in [-0.2, 0) is 13.2 Å². The average Bonchev–Trinajstić information content (AvgIpc) is 3.41. The van der Waals surface area contributed by atoms with Gasteiger partial charge in [0.2, 0.25) is 0 Å². The molecular weight excluding hydrogens is 449 g/mol. The molecule has 2 heterocycles. The minimum atomic E-state index is -0.462. The van der Waals surface area contributed by atoms with Gasteiger partial charge in [-0.1, -0.05) is 23.7 Å². The average molecular weight is 470 g/mol. The third kappa shape index (κ3) is 5.35. The van der Waals surface area contributed by atoms with Crippen LogP contribution in [0.15, 0.2) is 65.1 Å². The van der Waals surface area contributed by atoms with Gasteiger partial charge < -0.3 is 19.2 Å². The van der Waals surface area contributed by atoms with Gasteiger partial charge in [0.25, 0.3) is 5.91 Å². The SMILES string of the molecule is COc1cccc(OCc2ccc(C(=O)Nc3cc(C)n(Cc4c(F)cccc4Cl)n3)o2)c1. The molecule has 0 spiro atoms. The van der Waals surface area contributed by atoms with Crippen LogP contribution in [0.5, 0.6) is 11.5 Å². The van der Waals surface area contributed by atoms with Gasteiger partial charge in [-0.2, -0.15) is 5.10 Å². The summed E-state index contributed by atoms with van der Waals surface area (Å²) in [6.07, 6.45) is 0. The third-order valence-corrected chi connectivity index (χ3v) is 5.25. The van der Waals surface area contributed by atoms with Gasteiger partial charge in [-0.25, -0.2) is 4.39 Å². The molecule has 0 saturated carbocycles. The summed E-state index contributed by atoms with van der Waals surface area (Å²) in [5.74, 6) is 1.34. The Bertz CT molecular complexity index is 1260. The Morgan fingerprint density at radius 2 is 1.94 bits per heavy atom. The fourth-order valence-corrected chi connectivity index (χ4v) is 3.39. The minimum Gasteiger partial charge on any atom is -0.497 e. The maximum atomic E-state index is 14.1. The lowest BCUT2D eigenvalue weighted by Gasteiger charge is -2.07. The van der Waals surface area contributed by atoms with E-state index >= 15 is 0 Å². The lowest BCUT2D eigenvalue weighted by molar-refractivity contribution is 0.0992. The van der Waals surface area contributed by atoms with Crippen molar-refractivity contribution in [3.8, 4) is 11.5 Å². The molecule has 33 heavy (non-hydrogen) atoms. The van der Waals surface area contributed by atoms with Gasteiger partial charge >= 0.3 is 0 Å². The van der Waals surface area contributed by atoms with E-state index in [1.54, 1.807) is 61.2 Å². The molecule has 0 radical (unpaired) electrons. The van der Waals surface area contributed by atoms with Crippen LogP contribution in [0.2, 0.25) is 5.02 Å². The predicted octanol–water partition coefficient (Wildman–Crippen LogP) is 5.47. The Morgan fingerprint density at radius 1 is 1.15 bits per heavy atom. The van der Waals surface area contributed by atoms with Crippen molar-refractivity contribution in [2.75, 3.05) is 12.4 Å². The Labute approximate surface area is 194 Å².